The maximum atomic E-state index is 12.6. The molecule has 0 N–H and O–H groups in total. The summed E-state index contributed by atoms with van der Waals surface area (Å²) in [6.07, 6.45) is 4.04. The number of amides is 1. The van der Waals surface area contributed by atoms with Crippen molar-refractivity contribution in [1.29, 1.82) is 0 Å². The first-order valence-corrected chi connectivity index (χ1v) is 10.9. The molecule has 3 aromatic rings. The van der Waals surface area contributed by atoms with Crippen LogP contribution < -0.4 is 0 Å². The fourth-order valence-electron chi connectivity index (χ4n) is 3.31. The zero-order chi connectivity index (χ0) is 17.9. The van der Waals surface area contributed by atoms with Crippen LogP contribution in [0.4, 0.5) is 0 Å². The van der Waals surface area contributed by atoms with Crippen LogP contribution in [0.2, 0.25) is 4.34 Å². The third kappa shape index (κ3) is 3.89. The Labute approximate surface area is 165 Å². The standard InChI is InChI=1S/C18H19ClN4OS2/c19-15-7-6-14(26-15)11-25-12-17(24)22-8-3-4-13(10-22)18-21-20-16-5-1-2-9-23(16)18/h1-2,5-7,9,13H,3-4,8,10-12H2. The first-order valence-electron chi connectivity index (χ1n) is 8.60. The molecular formula is C18H19ClN4OS2. The van der Waals surface area contributed by atoms with Crippen molar-refractivity contribution in [2.45, 2.75) is 24.5 Å². The summed E-state index contributed by atoms with van der Waals surface area (Å²) in [6.45, 7) is 1.55. The predicted molar refractivity (Wildman–Crippen MR) is 107 cm³/mol. The van der Waals surface area contributed by atoms with Crippen LogP contribution in [0.3, 0.4) is 0 Å². The van der Waals surface area contributed by atoms with Crippen LogP contribution in [0, 0.1) is 0 Å². The molecule has 5 nitrogen and oxygen atoms in total. The van der Waals surface area contributed by atoms with Gasteiger partial charge >= 0.3 is 0 Å². The van der Waals surface area contributed by atoms with E-state index in [1.165, 1.54) is 4.88 Å². The Morgan fingerprint density at radius 1 is 1.31 bits per heavy atom. The van der Waals surface area contributed by atoms with Crippen LogP contribution >= 0.6 is 34.7 Å². The molecule has 4 heterocycles. The molecule has 0 bridgehead atoms. The number of pyridine rings is 1. The number of carbonyl (C=O) groups is 1. The summed E-state index contributed by atoms with van der Waals surface area (Å²) in [6, 6.07) is 9.83. The van der Waals surface area contributed by atoms with Crippen molar-refractivity contribution in [2.24, 2.45) is 0 Å². The largest absolute Gasteiger partial charge is 0.341 e. The number of fused-ring (bicyclic) bond motifs is 1. The summed E-state index contributed by atoms with van der Waals surface area (Å²) in [7, 11) is 0. The highest BCUT2D eigenvalue weighted by Gasteiger charge is 2.27. The van der Waals surface area contributed by atoms with Crippen molar-refractivity contribution in [3.63, 3.8) is 0 Å². The molecule has 26 heavy (non-hydrogen) atoms. The van der Waals surface area contributed by atoms with Gasteiger partial charge in [0.05, 0.1) is 10.1 Å². The number of halogens is 1. The Morgan fingerprint density at radius 3 is 3.08 bits per heavy atom. The van der Waals surface area contributed by atoms with Gasteiger partial charge in [0.25, 0.3) is 0 Å². The van der Waals surface area contributed by atoms with Gasteiger partial charge in [-0.15, -0.1) is 33.3 Å². The van der Waals surface area contributed by atoms with Crippen LogP contribution in [0.1, 0.15) is 29.5 Å². The molecule has 3 aromatic heterocycles. The second kappa shape index (κ2) is 7.98. The van der Waals surface area contributed by atoms with Crippen molar-refractivity contribution < 1.29 is 4.79 Å². The number of carbonyl (C=O) groups excluding carboxylic acids is 1. The molecule has 1 unspecified atom stereocenters. The molecule has 0 spiro atoms. The summed E-state index contributed by atoms with van der Waals surface area (Å²) in [5.41, 5.74) is 0.858. The lowest BCUT2D eigenvalue weighted by atomic mass is 9.97. The van der Waals surface area contributed by atoms with Gasteiger partial charge in [-0.25, -0.2) is 0 Å². The Morgan fingerprint density at radius 2 is 2.23 bits per heavy atom. The Hall–Kier alpha value is -1.57. The van der Waals surface area contributed by atoms with E-state index < -0.39 is 0 Å². The zero-order valence-electron chi connectivity index (χ0n) is 14.2. The molecule has 4 rings (SSSR count). The maximum absolute atomic E-state index is 12.6. The Bertz CT molecular complexity index is 909. The number of thioether (sulfide) groups is 1. The number of hydrogen-bond donors (Lipinski definition) is 0. The number of hydrogen-bond acceptors (Lipinski definition) is 5. The van der Waals surface area contributed by atoms with E-state index in [0.29, 0.717) is 5.75 Å². The van der Waals surface area contributed by atoms with Gasteiger partial charge < -0.3 is 4.90 Å². The van der Waals surface area contributed by atoms with Crippen LogP contribution in [-0.2, 0) is 10.5 Å². The third-order valence-electron chi connectivity index (χ3n) is 4.58. The van der Waals surface area contributed by atoms with Crippen molar-refractivity contribution in [1.82, 2.24) is 19.5 Å². The lowest BCUT2D eigenvalue weighted by Crippen LogP contribution is -2.40. The molecule has 0 aromatic carbocycles. The van der Waals surface area contributed by atoms with E-state index in [-0.39, 0.29) is 11.8 Å². The van der Waals surface area contributed by atoms with Gasteiger partial charge in [0.2, 0.25) is 5.91 Å². The molecule has 1 aliphatic heterocycles. The van der Waals surface area contributed by atoms with Gasteiger partial charge in [-0.3, -0.25) is 9.20 Å². The summed E-state index contributed by atoms with van der Waals surface area (Å²) < 4.78 is 2.83. The molecule has 1 saturated heterocycles. The summed E-state index contributed by atoms with van der Waals surface area (Å²) in [5.74, 6) is 2.74. The van der Waals surface area contributed by atoms with E-state index in [1.807, 2.05) is 45.8 Å². The number of nitrogens with zero attached hydrogens (tertiary/aromatic N) is 4. The molecule has 0 saturated carbocycles. The highest BCUT2D eigenvalue weighted by Crippen LogP contribution is 2.28. The van der Waals surface area contributed by atoms with Gasteiger partial charge in [0.1, 0.15) is 5.82 Å². The summed E-state index contributed by atoms with van der Waals surface area (Å²) in [4.78, 5) is 15.8. The minimum Gasteiger partial charge on any atom is -0.341 e. The van der Waals surface area contributed by atoms with E-state index in [4.69, 9.17) is 11.6 Å². The lowest BCUT2D eigenvalue weighted by molar-refractivity contribution is -0.129. The number of thiophene rings is 1. The summed E-state index contributed by atoms with van der Waals surface area (Å²) in [5, 5.41) is 8.62. The van der Waals surface area contributed by atoms with Crippen LogP contribution in [-0.4, -0.2) is 44.2 Å². The van der Waals surface area contributed by atoms with Gasteiger partial charge in [0.15, 0.2) is 5.65 Å². The first-order chi connectivity index (χ1) is 12.7. The summed E-state index contributed by atoms with van der Waals surface area (Å²) >= 11 is 9.18. The van der Waals surface area contributed by atoms with Crippen molar-refractivity contribution in [3.05, 3.63) is 51.6 Å². The second-order valence-electron chi connectivity index (χ2n) is 6.36. The normalized spacial score (nSPS) is 17.7. The number of rotatable bonds is 5. The average molecular weight is 407 g/mol. The van der Waals surface area contributed by atoms with Gasteiger partial charge in [-0.05, 0) is 37.1 Å². The topological polar surface area (TPSA) is 50.5 Å². The smallest absolute Gasteiger partial charge is 0.232 e. The van der Waals surface area contributed by atoms with Gasteiger partial charge in [0, 0.05) is 35.8 Å². The molecule has 1 fully saturated rings. The fraction of sp³-hybridized carbons (Fsp3) is 0.389. The zero-order valence-corrected chi connectivity index (χ0v) is 16.6. The molecule has 0 aliphatic carbocycles. The third-order valence-corrected chi connectivity index (χ3v) is 6.96. The highest BCUT2D eigenvalue weighted by molar-refractivity contribution is 7.99. The van der Waals surface area contributed by atoms with E-state index in [0.717, 1.165) is 47.5 Å². The van der Waals surface area contributed by atoms with E-state index in [1.54, 1.807) is 23.1 Å². The van der Waals surface area contributed by atoms with Gasteiger partial charge in [-0.1, -0.05) is 17.7 Å². The molecule has 0 radical (unpaired) electrons. The van der Waals surface area contributed by atoms with Crippen LogP contribution in [0.25, 0.3) is 5.65 Å². The average Bonchev–Trinajstić information content (AvgIpc) is 3.28. The quantitative estimate of drug-likeness (QED) is 0.640. The Balaban J connectivity index is 1.36. The minimum absolute atomic E-state index is 0.205. The predicted octanol–water partition coefficient (Wildman–Crippen LogP) is 4.08. The van der Waals surface area contributed by atoms with Crippen molar-refractivity contribution >= 4 is 46.3 Å². The lowest BCUT2D eigenvalue weighted by Gasteiger charge is -2.32. The van der Waals surface area contributed by atoms with Gasteiger partial charge in [-0.2, -0.15) is 0 Å². The number of aromatic nitrogens is 3. The SMILES string of the molecule is O=C(CSCc1ccc(Cl)s1)N1CCCC(c2nnc3ccccn23)C1. The molecule has 1 aliphatic rings. The maximum Gasteiger partial charge on any atom is 0.232 e. The minimum atomic E-state index is 0.205. The fourth-order valence-corrected chi connectivity index (χ4v) is 5.44. The van der Waals surface area contributed by atoms with E-state index in [2.05, 4.69) is 10.2 Å². The molecule has 136 valence electrons. The van der Waals surface area contributed by atoms with Crippen molar-refractivity contribution in [3.8, 4) is 0 Å². The highest BCUT2D eigenvalue weighted by atomic mass is 35.5. The molecule has 8 heteroatoms. The first kappa shape index (κ1) is 17.8. The molecule has 1 amide bonds. The number of likely N-dealkylation sites (tertiary alicyclic amines) is 1. The van der Waals surface area contributed by atoms with Crippen LogP contribution in [0.15, 0.2) is 36.5 Å². The van der Waals surface area contributed by atoms with E-state index >= 15 is 0 Å². The van der Waals surface area contributed by atoms with Crippen molar-refractivity contribution in [2.75, 3.05) is 18.8 Å². The second-order valence-corrected chi connectivity index (χ2v) is 9.15. The van der Waals surface area contributed by atoms with E-state index in [9.17, 15) is 4.79 Å². The molecular weight excluding hydrogens is 388 g/mol. The van der Waals surface area contributed by atoms with Crippen LogP contribution in [0.5, 0.6) is 0 Å². The monoisotopic (exact) mass is 406 g/mol. The molecule has 1 atom stereocenters. The Kier molecular flexibility index (Phi) is 5.47. The number of piperidine rings is 1.